The number of hydrogen-bond donors (Lipinski definition) is 1. The minimum Gasteiger partial charge on any atom is -0.383 e. The number of nitrogens with zero attached hydrogens (tertiary/aromatic N) is 1. The van der Waals surface area contributed by atoms with Gasteiger partial charge in [0.2, 0.25) is 0 Å². The molecule has 3 nitrogen and oxygen atoms in total. The van der Waals surface area contributed by atoms with Crippen LogP contribution in [0.1, 0.15) is 46.0 Å². The zero-order valence-corrected chi connectivity index (χ0v) is 12.0. The highest BCUT2D eigenvalue weighted by Gasteiger charge is 2.43. The van der Waals surface area contributed by atoms with Crippen LogP contribution in [-0.4, -0.2) is 43.8 Å². The Morgan fingerprint density at radius 3 is 2.71 bits per heavy atom. The molecule has 0 heterocycles. The second-order valence-electron chi connectivity index (χ2n) is 5.57. The quantitative estimate of drug-likeness (QED) is 0.776. The maximum atomic E-state index is 6.16. The van der Waals surface area contributed by atoms with Crippen molar-refractivity contribution in [2.45, 2.75) is 57.5 Å². The highest BCUT2D eigenvalue weighted by molar-refractivity contribution is 4.99. The third kappa shape index (κ3) is 3.01. The summed E-state index contributed by atoms with van der Waals surface area (Å²) in [7, 11) is 4.00. The zero-order valence-electron chi connectivity index (χ0n) is 12.0. The number of ether oxygens (including phenoxy) is 1. The summed E-state index contributed by atoms with van der Waals surface area (Å²) >= 11 is 0. The van der Waals surface area contributed by atoms with Crippen LogP contribution in [0, 0.1) is 5.92 Å². The number of rotatable bonds is 6. The topological polar surface area (TPSA) is 38.5 Å². The van der Waals surface area contributed by atoms with Crippen molar-refractivity contribution in [1.29, 1.82) is 0 Å². The Morgan fingerprint density at radius 1 is 1.47 bits per heavy atom. The fourth-order valence-electron chi connectivity index (χ4n) is 3.55. The van der Waals surface area contributed by atoms with Crippen LogP contribution in [0.3, 0.4) is 0 Å². The van der Waals surface area contributed by atoms with E-state index in [9.17, 15) is 0 Å². The number of likely N-dealkylation sites (N-methyl/N-ethyl adjacent to an activating group) is 1. The standard InChI is InChI=1S/C14H30N2O/c1-5-13-8-6-7-9-14(13,11-15)16(3)12(2)10-17-4/h12-13H,5-11,15H2,1-4H3. The Hall–Kier alpha value is -0.120. The van der Waals surface area contributed by atoms with Crippen molar-refractivity contribution in [3.63, 3.8) is 0 Å². The largest absolute Gasteiger partial charge is 0.383 e. The molecule has 0 saturated heterocycles. The molecular formula is C14H30N2O. The van der Waals surface area contributed by atoms with Gasteiger partial charge in [0, 0.05) is 25.2 Å². The van der Waals surface area contributed by atoms with Crippen LogP contribution in [0.5, 0.6) is 0 Å². The summed E-state index contributed by atoms with van der Waals surface area (Å²) in [6, 6.07) is 0.440. The van der Waals surface area contributed by atoms with Gasteiger partial charge in [0.25, 0.3) is 0 Å². The molecule has 0 aromatic rings. The molecule has 1 saturated carbocycles. The van der Waals surface area contributed by atoms with E-state index in [1.807, 2.05) is 0 Å². The van der Waals surface area contributed by atoms with Gasteiger partial charge in [-0.25, -0.2) is 0 Å². The fraction of sp³-hybridized carbons (Fsp3) is 1.00. The predicted molar refractivity (Wildman–Crippen MR) is 73.1 cm³/mol. The number of methoxy groups -OCH3 is 1. The van der Waals surface area contributed by atoms with Gasteiger partial charge in [-0.05, 0) is 32.7 Å². The Morgan fingerprint density at radius 2 is 2.18 bits per heavy atom. The lowest BCUT2D eigenvalue weighted by atomic mass is 9.70. The van der Waals surface area contributed by atoms with Crippen molar-refractivity contribution in [2.75, 3.05) is 27.3 Å². The molecule has 0 bridgehead atoms. The van der Waals surface area contributed by atoms with Gasteiger partial charge in [0.1, 0.15) is 0 Å². The van der Waals surface area contributed by atoms with Crippen molar-refractivity contribution < 1.29 is 4.74 Å². The summed E-state index contributed by atoms with van der Waals surface area (Å²) in [5.41, 5.74) is 6.36. The molecule has 1 rings (SSSR count). The van der Waals surface area contributed by atoms with Crippen LogP contribution in [0.4, 0.5) is 0 Å². The third-order valence-corrected chi connectivity index (χ3v) is 4.79. The summed E-state index contributed by atoms with van der Waals surface area (Å²) in [6.45, 7) is 6.10. The van der Waals surface area contributed by atoms with Gasteiger partial charge >= 0.3 is 0 Å². The van der Waals surface area contributed by atoms with Gasteiger partial charge in [-0.3, -0.25) is 4.90 Å². The van der Waals surface area contributed by atoms with E-state index in [1.54, 1.807) is 7.11 Å². The molecule has 102 valence electrons. The maximum Gasteiger partial charge on any atom is 0.0615 e. The average molecular weight is 242 g/mol. The van der Waals surface area contributed by atoms with Crippen molar-refractivity contribution in [3.8, 4) is 0 Å². The van der Waals surface area contributed by atoms with E-state index in [1.165, 1.54) is 32.1 Å². The normalized spacial score (nSPS) is 31.8. The van der Waals surface area contributed by atoms with Crippen molar-refractivity contribution in [3.05, 3.63) is 0 Å². The molecule has 2 N–H and O–H groups in total. The van der Waals surface area contributed by atoms with E-state index >= 15 is 0 Å². The second-order valence-corrected chi connectivity index (χ2v) is 5.57. The first-order valence-electron chi connectivity index (χ1n) is 7.04. The van der Waals surface area contributed by atoms with Crippen LogP contribution >= 0.6 is 0 Å². The highest BCUT2D eigenvalue weighted by atomic mass is 16.5. The molecule has 3 unspecified atom stereocenters. The second kappa shape index (κ2) is 6.72. The Labute approximate surface area is 107 Å². The predicted octanol–water partition coefficient (Wildman–Crippen LogP) is 2.25. The Balaban J connectivity index is 2.83. The molecular weight excluding hydrogens is 212 g/mol. The summed E-state index contributed by atoms with van der Waals surface area (Å²) in [5, 5.41) is 0. The van der Waals surface area contributed by atoms with Crippen molar-refractivity contribution in [2.24, 2.45) is 11.7 Å². The van der Waals surface area contributed by atoms with E-state index in [-0.39, 0.29) is 5.54 Å². The highest BCUT2D eigenvalue weighted by Crippen LogP contribution is 2.40. The average Bonchev–Trinajstić information content (AvgIpc) is 2.37. The van der Waals surface area contributed by atoms with Gasteiger partial charge in [-0.1, -0.05) is 26.2 Å². The molecule has 17 heavy (non-hydrogen) atoms. The first-order chi connectivity index (χ1) is 8.12. The lowest BCUT2D eigenvalue weighted by Crippen LogP contribution is -2.61. The smallest absolute Gasteiger partial charge is 0.0615 e. The lowest BCUT2D eigenvalue weighted by Gasteiger charge is -2.51. The van der Waals surface area contributed by atoms with E-state index in [0.717, 1.165) is 19.1 Å². The van der Waals surface area contributed by atoms with Crippen LogP contribution in [-0.2, 0) is 4.74 Å². The van der Waals surface area contributed by atoms with Crippen molar-refractivity contribution in [1.82, 2.24) is 4.90 Å². The van der Waals surface area contributed by atoms with Gasteiger partial charge in [0.15, 0.2) is 0 Å². The molecule has 0 radical (unpaired) electrons. The molecule has 1 aliphatic rings. The fourth-order valence-corrected chi connectivity index (χ4v) is 3.55. The summed E-state index contributed by atoms with van der Waals surface area (Å²) < 4.78 is 5.29. The minimum absolute atomic E-state index is 0.199. The molecule has 0 aromatic heterocycles. The Kier molecular flexibility index (Phi) is 5.90. The van der Waals surface area contributed by atoms with E-state index in [4.69, 9.17) is 10.5 Å². The van der Waals surface area contributed by atoms with Crippen LogP contribution in [0.25, 0.3) is 0 Å². The minimum atomic E-state index is 0.199. The molecule has 1 fully saturated rings. The molecule has 0 aliphatic heterocycles. The third-order valence-electron chi connectivity index (χ3n) is 4.79. The molecule has 3 atom stereocenters. The maximum absolute atomic E-state index is 6.16. The molecule has 1 aliphatic carbocycles. The van der Waals surface area contributed by atoms with Crippen LogP contribution in [0.15, 0.2) is 0 Å². The summed E-state index contributed by atoms with van der Waals surface area (Å²) in [4.78, 5) is 2.49. The molecule has 0 spiro atoms. The monoisotopic (exact) mass is 242 g/mol. The van der Waals surface area contributed by atoms with Gasteiger partial charge in [-0.15, -0.1) is 0 Å². The van der Waals surface area contributed by atoms with Gasteiger partial charge in [0.05, 0.1) is 6.61 Å². The molecule has 0 aromatic carbocycles. The summed E-state index contributed by atoms with van der Waals surface area (Å²) in [5.74, 6) is 0.741. The zero-order chi connectivity index (χ0) is 12.9. The lowest BCUT2D eigenvalue weighted by molar-refractivity contribution is -0.0223. The van der Waals surface area contributed by atoms with Crippen LogP contribution in [0.2, 0.25) is 0 Å². The first-order valence-corrected chi connectivity index (χ1v) is 7.04. The molecule has 0 amide bonds. The van der Waals surface area contributed by atoms with E-state index in [0.29, 0.717) is 6.04 Å². The Bertz CT molecular complexity index is 222. The van der Waals surface area contributed by atoms with Gasteiger partial charge in [-0.2, -0.15) is 0 Å². The van der Waals surface area contributed by atoms with E-state index < -0.39 is 0 Å². The van der Waals surface area contributed by atoms with Crippen molar-refractivity contribution >= 4 is 0 Å². The SMILES string of the molecule is CCC1CCCCC1(CN)N(C)C(C)COC. The molecule has 3 heteroatoms. The first kappa shape index (κ1) is 14.9. The number of hydrogen-bond acceptors (Lipinski definition) is 3. The number of nitrogens with two attached hydrogens (primary N) is 1. The van der Waals surface area contributed by atoms with E-state index in [2.05, 4.69) is 25.8 Å². The summed E-state index contributed by atoms with van der Waals surface area (Å²) in [6.07, 6.45) is 6.50. The van der Waals surface area contributed by atoms with Gasteiger partial charge < -0.3 is 10.5 Å². The van der Waals surface area contributed by atoms with Crippen LogP contribution < -0.4 is 5.73 Å².